The highest BCUT2D eigenvalue weighted by atomic mass is 32.2. The molecule has 0 aromatic carbocycles. The van der Waals surface area contributed by atoms with Gasteiger partial charge in [0.2, 0.25) is 5.76 Å². The van der Waals surface area contributed by atoms with Crippen molar-refractivity contribution < 1.29 is 17.7 Å². The first-order valence-corrected chi connectivity index (χ1v) is 9.56. The van der Waals surface area contributed by atoms with Gasteiger partial charge in [-0.15, -0.1) is 11.3 Å². The largest absolute Gasteiger partial charge is 0.351 e. The fraction of sp³-hybridized carbons (Fsp3) is 0.429. The Morgan fingerprint density at radius 3 is 2.74 bits per heavy atom. The number of thiophene rings is 1. The zero-order valence-corrected chi connectivity index (χ0v) is 14.2. The molecular formula is C14H17N3O4S2. The average molecular weight is 355 g/mol. The Kier molecular flexibility index (Phi) is 4.51. The second-order valence-electron chi connectivity index (χ2n) is 5.42. The van der Waals surface area contributed by atoms with Gasteiger partial charge in [0.15, 0.2) is 0 Å². The van der Waals surface area contributed by atoms with E-state index in [1.165, 1.54) is 15.6 Å². The second kappa shape index (κ2) is 6.42. The topological polar surface area (TPSA) is 92.5 Å². The van der Waals surface area contributed by atoms with Crippen molar-refractivity contribution >= 4 is 27.3 Å². The van der Waals surface area contributed by atoms with Gasteiger partial charge in [-0.05, 0) is 31.2 Å². The highest BCUT2D eigenvalue weighted by Gasteiger charge is 2.30. The van der Waals surface area contributed by atoms with E-state index >= 15 is 0 Å². The van der Waals surface area contributed by atoms with Gasteiger partial charge < -0.3 is 9.84 Å². The highest BCUT2D eigenvalue weighted by molar-refractivity contribution is 7.91. The first-order valence-electron chi connectivity index (χ1n) is 7.24. The van der Waals surface area contributed by atoms with Gasteiger partial charge in [0, 0.05) is 25.2 Å². The maximum Gasteiger partial charge on any atom is 0.290 e. The monoisotopic (exact) mass is 355 g/mol. The summed E-state index contributed by atoms with van der Waals surface area (Å²) in [6.07, 6.45) is 1.15. The molecule has 124 valence electrons. The fourth-order valence-electron chi connectivity index (χ4n) is 2.51. The normalized spacial score (nSPS) is 17.3. The molecule has 3 heterocycles. The van der Waals surface area contributed by atoms with Crippen LogP contribution in [0.3, 0.4) is 0 Å². The number of aromatic nitrogens is 1. The molecule has 0 radical (unpaired) electrons. The lowest BCUT2D eigenvalue weighted by atomic mass is 10.1. The summed E-state index contributed by atoms with van der Waals surface area (Å²) in [7, 11) is -3.41. The van der Waals surface area contributed by atoms with E-state index in [-0.39, 0.29) is 17.7 Å². The number of aryl methyl sites for hydroxylation is 1. The maximum atomic E-state index is 12.4. The Hall–Kier alpha value is -1.71. The van der Waals surface area contributed by atoms with Crippen LogP contribution >= 0.6 is 11.3 Å². The lowest BCUT2D eigenvalue weighted by molar-refractivity contribution is 0.0886. The predicted molar refractivity (Wildman–Crippen MR) is 84.8 cm³/mol. The second-order valence-corrected chi connectivity index (χ2v) is 8.53. The molecule has 23 heavy (non-hydrogen) atoms. The van der Waals surface area contributed by atoms with E-state index in [0.29, 0.717) is 35.8 Å². The molecule has 0 bridgehead atoms. The molecule has 0 saturated carbocycles. The quantitative estimate of drug-likeness (QED) is 0.900. The summed E-state index contributed by atoms with van der Waals surface area (Å²) in [5, 5.41) is 8.29. The molecule has 3 rings (SSSR count). The van der Waals surface area contributed by atoms with E-state index in [4.69, 9.17) is 4.52 Å². The lowest BCUT2D eigenvalue weighted by Crippen LogP contribution is -2.46. The number of hydrogen-bond acceptors (Lipinski definition) is 6. The molecule has 2 aromatic heterocycles. The molecule has 2 aromatic rings. The van der Waals surface area contributed by atoms with Crippen molar-refractivity contribution in [1.29, 1.82) is 0 Å². The van der Waals surface area contributed by atoms with Crippen molar-refractivity contribution in [2.75, 3.05) is 13.1 Å². The summed E-state index contributed by atoms with van der Waals surface area (Å²) in [5.41, 5.74) is 0.645. The highest BCUT2D eigenvalue weighted by Crippen LogP contribution is 2.24. The van der Waals surface area contributed by atoms with Gasteiger partial charge in [-0.1, -0.05) is 11.2 Å². The third-order valence-corrected chi connectivity index (χ3v) is 7.00. The number of carbonyl (C=O) groups excluding carboxylic acids is 1. The molecule has 1 saturated heterocycles. The number of rotatable bonds is 4. The summed E-state index contributed by atoms with van der Waals surface area (Å²) in [6.45, 7) is 2.52. The molecule has 1 N–H and O–H groups in total. The molecule has 1 amide bonds. The van der Waals surface area contributed by atoms with Crippen LogP contribution in [-0.2, 0) is 10.0 Å². The standard InChI is InChI=1S/C14H17N3O4S2/c1-10-9-12(21-16-10)14(18)15-11-4-6-17(7-5-11)23(19,20)13-3-2-8-22-13/h2-3,8-9,11H,4-7H2,1H3,(H,15,18). The number of nitrogens with one attached hydrogen (secondary N) is 1. The molecule has 0 atom stereocenters. The van der Waals surface area contributed by atoms with Crippen LogP contribution in [-0.4, -0.2) is 42.9 Å². The van der Waals surface area contributed by atoms with E-state index in [1.54, 1.807) is 30.5 Å². The van der Waals surface area contributed by atoms with Crippen LogP contribution in [0.15, 0.2) is 32.3 Å². The predicted octanol–water partition coefficient (Wildman–Crippen LogP) is 1.63. The number of nitrogens with zero attached hydrogens (tertiary/aromatic N) is 2. The first kappa shape index (κ1) is 16.2. The Morgan fingerprint density at radius 2 is 2.17 bits per heavy atom. The third-order valence-electron chi connectivity index (χ3n) is 3.73. The Bertz CT molecular complexity index is 775. The van der Waals surface area contributed by atoms with Gasteiger partial charge in [-0.2, -0.15) is 4.31 Å². The van der Waals surface area contributed by atoms with Crippen LogP contribution in [0.4, 0.5) is 0 Å². The van der Waals surface area contributed by atoms with Gasteiger partial charge in [-0.25, -0.2) is 8.42 Å². The zero-order chi connectivity index (χ0) is 16.4. The van der Waals surface area contributed by atoms with E-state index < -0.39 is 10.0 Å². The number of sulfonamides is 1. The molecule has 1 aliphatic rings. The summed E-state index contributed by atoms with van der Waals surface area (Å²) < 4.78 is 31.6. The van der Waals surface area contributed by atoms with Gasteiger partial charge in [0.1, 0.15) is 4.21 Å². The average Bonchev–Trinajstić information content (AvgIpc) is 3.19. The summed E-state index contributed by atoms with van der Waals surface area (Å²) in [5.74, 6) is -0.138. The lowest BCUT2D eigenvalue weighted by Gasteiger charge is -2.31. The number of piperidine rings is 1. The van der Waals surface area contributed by atoms with Gasteiger partial charge in [0.05, 0.1) is 5.69 Å². The fourth-order valence-corrected chi connectivity index (χ4v) is 5.12. The molecule has 1 aliphatic heterocycles. The molecule has 1 fully saturated rings. The third kappa shape index (κ3) is 3.46. The van der Waals surface area contributed by atoms with Crippen molar-refractivity contribution in [3.05, 3.63) is 35.0 Å². The smallest absolute Gasteiger partial charge is 0.290 e. The summed E-state index contributed by atoms with van der Waals surface area (Å²) >= 11 is 1.22. The van der Waals surface area contributed by atoms with Crippen molar-refractivity contribution in [2.45, 2.75) is 30.0 Å². The van der Waals surface area contributed by atoms with Crippen molar-refractivity contribution in [1.82, 2.24) is 14.8 Å². The molecule has 0 unspecified atom stereocenters. The molecule has 0 spiro atoms. The van der Waals surface area contributed by atoms with Crippen LogP contribution in [0, 0.1) is 6.92 Å². The maximum absolute atomic E-state index is 12.4. The zero-order valence-electron chi connectivity index (χ0n) is 12.6. The minimum Gasteiger partial charge on any atom is -0.351 e. The van der Waals surface area contributed by atoms with Crippen molar-refractivity contribution in [3.63, 3.8) is 0 Å². The SMILES string of the molecule is Cc1cc(C(=O)NC2CCN(S(=O)(=O)c3cccs3)CC2)on1. The van der Waals surface area contributed by atoms with Crippen LogP contribution in [0.25, 0.3) is 0 Å². The number of hydrogen-bond donors (Lipinski definition) is 1. The molecular weight excluding hydrogens is 338 g/mol. The van der Waals surface area contributed by atoms with Gasteiger partial charge in [0.25, 0.3) is 15.9 Å². The van der Waals surface area contributed by atoms with Gasteiger partial charge >= 0.3 is 0 Å². The van der Waals surface area contributed by atoms with Crippen molar-refractivity contribution in [3.8, 4) is 0 Å². The minimum atomic E-state index is -3.41. The van der Waals surface area contributed by atoms with Crippen molar-refractivity contribution in [2.24, 2.45) is 0 Å². The van der Waals surface area contributed by atoms with Gasteiger partial charge in [-0.3, -0.25) is 4.79 Å². The molecule has 0 aliphatic carbocycles. The Balaban J connectivity index is 1.57. The van der Waals surface area contributed by atoms with E-state index in [0.717, 1.165) is 0 Å². The van der Waals surface area contributed by atoms with Crippen LogP contribution in [0.5, 0.6) is 0 Å². The number of carbonyl (C=O) groups is 1. The van der Waals surface area contributed by atoms with E-state index in [9.17, 15) is 13.2 Å². The van der Waals surface area contributed by atoms with Crippen LogP contribution in [0.1, 0.15) is 29.1 Å². The Morgan fingerprint density at radius 1 is 1.43 bits per heavy atom. The summed E-state index contributed by atoms with van der Waals surface area (Å²) in [4.78, 5) is 12.0. The summed E-state index contributed by atoms with van der Waals surface area (Å²) in [6, 6.07) is 4.85. The number of amides is 1. The van der Waals surface area contributed by atoms with E-state index in [2.05, 4.69) is 10.5 Å². The molecule has 7 nitrogen and oxygen atoms in total. The van der Waals surface area contributed by atoms with Crippen LogP contribution < -0.4 is 5.32 Å². The minimum absolute atomic E-state index is 0.0670. The van der Waals surface area contributed by atoms with Crippen LogP contribution in [0.2, 0.25) is 0 Å². The first-order chi connectivity index (χ1) is 11.0. The Labute approximate surface area is 138 Å². The molecule has 9 heteroatoms. The van der Waals surface area contributed by atoms with E-state index in [1.807, 2.05) is 0 Å².